The van der Waals surface area contributed by atoms with Crippen LogP contribution < -0.4 is 5.32 Å². The average molecular weight is 157 g/mol. The van der Waals surface area contributed by atoms with Crippen molar-refractivity contribution >= 4 is 11.8 Å². The molecule has 0 bridgehead atoms. The van der Waals surface area contributed by atoms with Crippen molar-refractivity contribution in [3.8, 4) is 0 Å². The molecule has 1 aliphatic heterocycles. The number of hydrogen-bond donors (Lipinski definition) is 2. The van der Waals surface area contributed by atoms with Gasteiger partial charge < -0.3 is 5.11 Å². The van der Waals surface area contributed by atoms with Gasteiger partial charge in [0, 0.05) is 18.9 Å². The van der Waals surface area contributed by atoms with Crippen LogP contribution in [0.25, 0.3) is 0 Å². The number of aliphatic hydroxyl groups excluding tert-OH is 1. The molecule has 0 aromatic heterocycles. The van der Waals surface area contributed by atoms with E-state index >= 15 is 0 Å². The Morgan fingerprint density at radius 3 is 2.73 bits per heavy atom. The molecule has 4 heteroatoms. The van der Waals surface area contributed by atoms with Crippen LogP contribution >= 0.6 is 0 Å². The molecule has 0 radical (unpaired) electrons. The van der Waals surface area contributed by atoms with Crippen molar-refractivity contribution < 1.29 is 14.7 Å². The Kier molecular flexibility index (Phi) is 2.59. The first-order valence-electron chi connectivity index (χ1n) is 3.68. The highest BCUT2D eigenvalue weighted by molar-refractivity contribution is 6.03. The van der Waals surface area contributed by atoms with Crippen LogP contribution in [-0.4, -0.2) is 23.5 Å². The number of hydrogen-bond acceptors (Lipinski definition) is 3. The van der Waals surface area contributed by atoms with Crippen LogP contribution in [0.15, 0.2) is 0 Å². The van der Waals surface area contributed by atoms with E-state index in [1.54, 1.807) is 0 Å². The summed E-state index contributed by atoms with van der Waals surface area (Å²) in [7, 11) is 0. The molecule has 1 unspecified atom stereocenters. The molecule has 1 saturated heterocycles. The molecule has 62 valence electrons. The quantitative estimate of drug-likeness (QED) is 0.539. The van der Waals surface area contributed by atoms with Gasteiger partial charge in [0.2, 0.25) is 11.8 Å². The first kappa shape index (κ1) is 8.20. The molecule has 4 nitrogen and oxygen atoms in total. The van der Waals surface area contributed by atoms with E-state index in [2.05, 4.69) is 5.32 Å². The number of aliphatic hydroxyl groups is 1. The van der Waals surface area contributed by atoms with E-state index in [0.29, 0.717) is 19.3 Å². The van der Waals surface area contributed by atoms with E-state index in [0.717, 1.165) is 0 Å². The molecule has 11 heavy (non-hydrogen) atoms. The van der Waals surface area contributed by atoms with E-state index in [1.165, 1.54) is 0 Å². The van der Waals surface area contributed by atoms with E-state index in [1.807, 2.05) is 0 Å². The Hall–Kier alpha value is -0.900. The van der Waals surface area contributed by atoms with Gasteiger partial charge in [-0.25, -0.2) is 0 Å². The summed E-state index contributed by atoms with van der Waals surface area (Å²) < 4.78 is 0. The minimum atomic E-state index is -0.199. The molecule has 1 fully saturated rings. The Morgan fingerprint density at radius 2 is 2.27 bits per heavy atom. The molecular formula is C7H11NO3. The monoisotopic (exact) mass is 157 g/mol. The Balaban J connectivity index is 2.34. The molecule has 2 amide bonds. The summed E-state index contributed by atoms with van der Waals surface area (Å²) in [5.74, 6) is -0.587. The van der Waals surface area contributed by atoms with Crippen LogP contribution in [0.1, 0.15) is 19.3 Å². The summed E-state index contributed by atoms with van der Waals surface area (Å²) in [5, 5.41) is 10.7. The third kappa shape index (κ3) is 2.01. The number of nitrogens with one attached hydrogen (secondary N) is 1. The summed E-state index contributed by atoms with van der Waals surface area (Å²) in [4.78, 5) is 21.5. The zero-order valence-corrected chi connectivity index (χ0v) is 6.17. The topological polar surface area (TPSA) is 66.4 Å². The van der Waals surface area contributed by atoms with Gasteiger partial charge in [0.15, 0.2) is 0 Å². The lowest BCUT2D eigenvalue weighted by Crippen LogP contribution is -2.22. The number of carbonyl (C=O) groups excluding carboxylic acids is 2. The molecule has 1 aliphatic rings. The van der Waals surface area contributed by atoms with Gasteiger partial charge in [-0.15, -0.1) is 0 Å². The van der Waals surface area contributed by atoms with E-state index in [-0.39, 0.29) is 24.3 Å². The van der Waals surface area contributed by atoms with Crippen molar-refractivity contribution in [2.75, 3.05) is 6.61 Å². The van der Waals surface area contributed by atoms with Crippen molar-refractivity contribution in [3.05, 3.63) is 0 Å². The van der Waals surface area contributed by atoms with Gasteiger partial charge in [-0.3, -0.25) is 14.9 Å². The molecule has 0 saturated carbocycles. The summed E-state index contributed by atoms with van der Waals surface area (Å²) in [5.41, 5.74) is 0. The maximum absolute atomic E-state index is 10.9. The van der Waals surface area contributed by atoms with Crippen molar-refractivity contribution in [1.82, 2.24) is 5.32 Å². The number of amides is 2. The molecular weight excluding hydrogens is 146 g/mol. The fourth-order valence-electron chi connectivity index (χ4n) is 1.18. The summed E-state index contributed by atoms with van der Waals surface area (Å²) in [6, 6.07) is 0. The maximum Gasteiger partial charge on any atom is 0.230 e. The molecule has 1 atom stereocenters. The lowest BCUT2D eigenvalue weighted by Gasteiger charge is -2.01. The van der Waals surface area contributed by atoms with Crippen molar-refractivity contribution in [1.29, 1.82) is 0 Å². The zero-order chi connectivity index (χ0) is 8.27. The van der Waals surface area contributed by atoms with Crippen molar-refractivity contribution in [2.45, 2.75) is 19.3 Å². The highest BCUT2D eigenvalue weighted by Gasteiger charge is 2.29. The van der Waals surface area contributed by atoms with Gasteiger partial charge in [0.25, 0.3) is 0 Å². The second-order valence-corrected chi connectivity index (χ2v) is 2.68. The maximum atomic E-state index is 10.9. The SMILES string of the molecule is O=C1CC(CCCO)C(=O)N1. The zero-order valence-electron chi connectivity index (χ0n) is 6.17. The van der Waals surface area contributed by atoms with Crippen LogP contribution in [0.5, 0.6) is 0 Å². The fraction of sp³-hybridized carbons (Fsp3) is 0.714. The first-order valence-corrected chi connectivity index (χ1v) is 3.68. The largest absolute Gasteiger partial charge is 0.396 e. The predicted octanol–water partition coefficient (Wildman–Crippen LogP) is -0.578. The molecule has 0 aromatic carbocycles. The first-order chi connectivity index (χ1) is 5.24. The molecule has 1 rings (SSSR count). The van der Waals surface area contributed by atoms with Crippen LogP contribution in [0.2, 0.25) is 0 Å². The number of imide groups is 1. The van der Waals surface area contributed by atoms with Crippen LogP contribution in [0.3, 0.4) is 0 Å². The lowest BCUT2D eigenvalue weighted by molar-refractivity contribution is -0.125. The number of carbonyl (C=O) groups is 2. The summed E-state index contributed by atoms with van der Waals surface area (Å²) in [6.07, 6.45) is 1.48. The third-order valence-corrected chi connectivity index (χ3v) is 1.78. The van der Waals surface area contributed by atoms with Crippen LogP contribution in [-0.2, 0) is 9.59 Å². The smallest absolute Gasteiger partial charge is 0.230 e. The summed E-state index contributed by atoms with van der Waals surface area (Å²) in [6.45, 7) is 0.0813. The number of rotatable bonds is 3. The molecule has 2 N–H and O–H groups in total. The highest BCUT2D eigenvalue weighted by atomic mass is 16.3. The molecule has 0 aliphatic carbocycles. The van der Waals surface area contributed by atoms with Gasteiger partial charge in [-0.2, -0.15) is 0 Å². The molecule has 0 spiro atoms. The fourth-order valence-corrected chi connectivity index (χ4v) is 1.18. The highest BCUT2D eigenvalue weighted by Crippen LogP contribution is 2.15. The van der Waals surface area contributed by atoms with Crippen molar-refractivity contribution in [2.24, 2.45) is 5.92 Å². The predicted molar refractivity (Wildman–Crippen MR) is 37.6 cm³/mol. The minimum Gasteiger partial charge on any atom is -0.396 e. The van der Waals surface area contributed by atoms with Crippen LogP contribution in [0.4, 0.5) is 0 Å². The van der Waals surface area contributed by atoms with E-state index in [9.17, 15) is 9.59 Å². The molecule has 1 heterocycles. The Bertz CT molecular complexity index is 179. The average Bonchev–Trinajstić information content (AvgIpc) is 2.26. The lowest BCUT2D eigenvalue weighted by atomic mass is 10.0. The summed E-state index contributed by atoms with van der Waals surface area (Å²) >= 11 is 0. The second-order valence-electron chi connectivity index (χ2n) is 2.68. The normalized spacial score (nSPS) is 23.9. The van der Waals surface area contributed by atoms with Crippen LogP contribution in [0, 0.1) is 5.92 Å². The van der Waals surface area contributed by atoms with Gasteiger partial charge in [-0.05, 0) is 12.8 Å². The second kappa shape index (κ2) is 3.48. The minimum absolute atomic E-state index is 0.0813. The van der Waals surface area contributed by atoms with Gasteiger partial charge in [0.1, 0.15) is 0 Å². The third-order valence-electron chi connectivity index (χ3n) is 1.78. The van der Waals surface area contributed by atoms with Crippen molar-refractivity contribution in [3.63, 3.8) is 0 Å². The Labute approximate surface area is 64.6 Å². The van der Waals surface area contributed by atoms with Gasteiger partial charge in [-0.1, -0.05) is 0 Å². The van der Waals surface area contributed by atoms with E-state index in [4.69, 9.17) is 5.11 Å². The van der Waals surface area contributed by atoms with Gasteiger partial charge in [0.05, 0.1) is 0 Å². The standard InChI is InChI=1S/C7H11NO3/c9-3-1-2-5-4-6(10)8-7(5)11/h5,9H,1-4H2,(H,8,10,11). The van der Waals surface area contributed by atoms with Gasteiger partial charge >= 0.3 is 0 Å². The Morgan fingerprint density at radius 1 is 1.55 bits per heavy atom. The van der Waals surface area contributed by atoms with E-state index < -0.39 is 0 Å². The molecule has 0 aromatic rings.